The summed E-state index contributed by atoms with van der Waals surface area (Å²) < 4.78 is 14.2. The van der Waals surface area contributed by atoms with Gasteiger partial charge < -0.3 is 20.4 Å². The molecule has 3 N–H and O–H groups in total. The minimum Gasteiger partial charge on any atom is -0.481 e. The highest BCUT2D eigenvalue weighted by molar-refractivity contribution is 5.76. The predicted molar refractivity (Wildman–Crippen MR) is 109 cm³/mol. The Morgan fingerprint density at radius 2 is 1.90 bits per heavy atom. The summed E-state index contributed by atoms with van der Waals surface area (Å²) >= 11 is 0. The molecule has 0 atom stereocenters. The number of hydrogen-bond donors (Lipinski definition) is 3. The van der Waals surface area contributed by atoms with Gasteiger partial charge in [-0.05, 0) is 60.6 Å². The number of nitrogens with zero attached hydrogens (tertiary/aromatic N) is 1. The second-order valence-electron chi connectivity index (χ2n) is 7.33. The quantitative estimate of drug-likeness (QED) is 0.627. The standard InChI is InChI=1S/C22H25FN2O4/c1-14-17(5-4-16-3-2-10-25(22(14)16)13-21(28)29)12-24-18-8-6-15(19(23)11-18)7-9-20(26)27/h4-6,8,11,24H,2-3,7,9-10,12-13H2,1H3,(H,26,27)(H,28,29). The predicted octanol–water partition coefficient (Wildman–Crippen LogP) is 3.60. The number of aryl methyl sites for hydroxylation is 2. The van der Waals surface area contributed by atoms with Crippen LogP contribution in [0, 0.1) is 12.7 Å². The summed E-state index contributed by atoms with van der Waals surface area (Å²) in [5.41, 5.74) is 5.21. The number of halogens is 1. The van der Waals surface area contributed by atoms with Crippen molar-refractivity contribution < 1.29 is 24.2 Å². The highest BCUT2D eigenvalue weighted by atomic mass is 19.1. The van der Waals surface area contributed by atoms with Gasteiger partial charge in [0.05, 0.1) is 0 Å². The highest BCUT2D eigenvalue weighted by Gasteiger charge is 2.22. The van der Waals surface area contributed by atoms with Crippen LogP contribution in [-0.2, 0) is 29.0 Å². The van der Waals surface area contributed by atoms with E-state index in [2.05, 4.69) is 5.32 Å². The minimum atomic E-state index is -0.952. The van der Waals surface area contributed by atoms with Crippen molar-refractivity contribution in [3.63, 3.8) is 0 Å². The molecule has 1 heterocycles. The van der Waals surface area contributed by atoms with Crippen molar-refractivity contribution in [2.24, 2.45) is 0 Å². The van der Waals surface area contributed by atoms with E-state index in [0.29, 0.717) is 17.8 Å². The Balaban J connectivity index is 1.73. The van der Waals surface area contributed by atoms with Crippen LogP contribution in [0.2, 0.25) is 0 Å². The van der Waals surface area contributed by atoms with Crippen LogP contribution in [0.1, 0.15) is 35.1 Å². The van der Waals surface area contributed by atoms with E-state index in [1.54, 1.807) is 12.1 Å². The number of nitrogens with one attached hydrogen (secondary N) is 1. The van der Waals surface area contributed by atoms with Crippen LogP contribution in [-0.4, -0.2) is 35.2 Å². The first-order chi connectivity index (χ1) is 13.8. The summed E-state index contributed by atoms with van der Waals surface area (Å²) in [6.07, 6.45) is 1.92. The van der Waals surface area contributed by atoms with Crippen molar-refractivity contribution >= 4 is 23.3 Å². The zero-order valence-electron chi connectivity index (χ0n) is 16.4. The number of carboxylic acids is 2. The maximum Gasteiger partial charge on any atom is 0.323 e. The van der Waals surface area contributed by atoms with Crippen LogP contribution in [0.15, 0.2) is 30.3 Å². The molecule has 2 aromatic rings. The summed E-state index contributed by atoms with van der Waals surface area (Å²) in [6.45, 7) is 3.17. The van der Waals surface area contributed by atoms with Gasteiger partial charge in [0.2, 0.25) is 0 Å². The summed E-state index contributed by atoms with van der Waals surface area (Å²) in [5.74, 6) is -2.23. The van der Waals surface area contributed by atoms with Gasteiger partial charge in [-0.25, -0.2) is 4.39 Å². The molecule has 0 aromatic heterocycles. The first-order valence-corrected chi connectivity index (χ1v) is 9.67. The molecule has 0 radical (unpaired) electrons. The van der Waals surface area contributed by atoms with Gasteiger partial charge in [0.25, 0.3) is 0 Å². The van der Waals surface area contributed by atoms with Gasteiger partial charge in [0.1, 0.15) is 12.4 Å². The Hall–Kier alpha value is -3.09. The summed E-state index contributed by atoms with van der Waals surface area (Å²) in [7, 11) is 0. The van der Waals surface area contributed by atoms with Crippen LogP contribution in [0.25, 0.3) is 0 Å². The van der Waals surface area contributed by atoms with E-state index < -0.39 is 17.8 Å². The normalized spacial score (nSPS) is 13.1. The monoisotopic (exact) mass is 400 g/mol. The fraction of sp³-hybridized carbons (Fsp3) is 0.364. The molecule has 154 valence electrons. The lowest BCUT2D eigenvalue weighted by atomic mass is 9.94. The fourth-order valence-corrected chi connectivity index (χ4v) is 3.82. The number of benzene rings is 2. The van der Waals surface area contributed by atoms with Crippen LogP contribution in [0.3, 0.4) is 0 Å². The van der Waals surface area contributed by atoms with E-state index in [1.807, 2.05) is 24.0 Å². The summed E-state index contributed by atoms with van der Waals surface area (Å²) in [5, 5.41) is 21.1. The molecule has 0 unspecified atom stereocenters. The molecule has 0 bridgehead atoms. The zero-order chi connectivity index (χ0) is 21.0. The maximum atomic E-state index is 14.2. The molecule has 3 rings (SSSR count). The van der Waals surface area contributed by atoms with Gasteiger partial charge in [0.15, 0.2) is 0 Å². The third-order valence-corrected chi connectivity index (χ3v) is 5.29. The third kappa shape index (κ3) is 5.04. The van der Waals surface area contributed by atoms with E-state index in [1.165, 1.54) is 6.07 Å². The van der Waals surface area contributed by atoms with Gasteiger partial charge in [-0.2, -0.15) is 0 Å². The zero-order valence-corrected chi connectivity index (χ0v) is 16.4. The second kappa shape index (κ2) is 8.94. The van der Waals surface area contributed by atoms with E-state index in [-0.39, 0.29) is 19.4 Å². The molecule has 0 saturated carbocycles. The molecule has 6 nitrogen and oxygen atoms in total. The molecule has 0 spiro atoms. The number of fused-ring (bicyclic) bond motifs is 1. The van der Waals surface area contributed by atoms with Gasteiger partial charge >= 0.3 is 11.9 Å². The van der Waals surface area contributed by atoms with Crippen molar-refractivity contribution in [1.29, 1.82) is 0 Å². The topological polar surface area (TPSA) is 89.9 Å². The summed E-state index contributed by atoms with van der Waals surface area (Å²) in [4.78, 5) is 23.8. The van der Waals surface area contributed by atoms with E-state index in [0.717, 1.165) is 41.8 Å². The van der Waals surface area contributed by atoms with Crippen LogP contribution in [0.5, 0.6) is 0 Å². The van der Waals surface area contributed by atoms with Crippen molar-refractivity contribution in [3.8, 4) is 0 Å². The number of rotatable bonds is 8. The second-order valence-corrected chi connectivity index (χ2v) is 7.33. The molecular weight excluding hydrogens is 375 g/mol. The lowest BCUT2D eigenvalue weighted by Gasteiger charge is -2.32. The van der Waals surface area contributed by atoms with Gasteiger partial charge in [0, 0.05) is 30.9 Å². The Bertz CT molecular complexity index is 929. The van der Waals surface area contributed by atoms with Crippen LogP contribution >= 0.6 is 0 Å². The minimum absolute atomic E-state index is 0.0201. The molecule has 1 aliphatic heterocycles. The number of aliphatic carboxylic acids is 2. The average Bonchev–Trinajstić information content (AvgIpc) is 2.66. The maximum absolute atomic E-state index is 14.2. The molecule has 0 amide bonds. The largest absolute Gasteiger partial charge is 0.481 e. The van der Waals surface area contributed by atoms with E-state index >= 15 is 0 Å². The molecule has 29 heavy (non-hydrogen) atoms. The smallest absolute Gasteiger partial charge is 0.323 e. The van der Waals surface area contributed by atoms with Crippen molar-refractivity contribution in [2.45, 2.75) is 39.2 Å². The number of carbonyl (C=O) groups is 2. The van der Waals surface area contributed by atoms with Gasteiger partial charge in [-0.15, -0.1) is 0 Å². The van der Waals surface area contributed by atoms with E-state index in [4.69, 9.17) is 5.11 Å². The molecule has 0 fully saturated rings. The highest BCUT2D eigenvalue weighted by Crippen LogP contribution is 2.33. The lowest BCUT2D eigenvalue weighted by Crippen LogP contribution is -2.35. The third-order valence-electron chi connectivity index (χ3n) is 5.29. The molecule has 7 heteroatoms. The van der Waals surface area contributed by atoms with Gasteiger partial charge in [-0.3, -0.25) is 9.59 Å². The van der Waals surface area contributed by atoms with Gasteiger partial charge in [-0.1, -0.05) is 18.2 Å². The number of carboxylic acid groups (broad SMARTS) is 2. The molecule has 2 aromatic carbocycles. The first-order valence-electron chi connectivity index (χ1n) is 9.67. The van der Waals surface area contributed by atoms with Crippen LogP contribution in [0.4, 0.5) is 15.8 Å². The Labute approximate surface area is 169 Å². The average molecular weight is 400 g/mol. The fourth-order valence-electron chi connectivity index (χ4n) is 3.82. The Morgan fingerprint density at radius 3 is 2.59 bits per heavy atom. The van der Waals surface area contributed by atoms with Crippen LogP contribution < -0.4 is 10.2 Å². The molecule has 0 aliphatic carbocycles. The first kappa shape index (κ1) is 20.6. The SMILES string of the molecule is Cc1c(CNc2ccc(CCC(=O)O)c(F)c2)ccc2c1N(CC(=O)O)CCC2. The lowest BCUT2D eigenvalue weighted by molar-refractivity contribution is -0.137. The number of hydrogen-bond acceptors (Lipinski definition) is 4. The molecule has 0 saturated heterocycles. The van der Waals surface area contributed by atoms with Crippen molar-refractivity contribution in [1.82, 2.24) is 0 Å². The van der Waals surface area contributed by atoms with E-state index in [9.17, 15) is 19.1 Å². The van der Waals surface area contributed by atoms with Crippen molar-refractivity contribution in [2.75, 3.05) is 23.3 Å². The molecule has 1 aliphatic rings. The number of anilines is 2. The Kier molecular flexibility index (Phi) is 6.36. The Morgan fingerprint density at radius 1 is 1.14 bits per heavy atom. The summed E-state index contributed by atoms with van der Waals surface area (Å²) in [6, 6.07) is 8.80. The van der Waals surface area contributed by atoms with Crippen molar-refractivity contribution in [3.05, 3.63) is 58.4 Å². The molecular formula is C22H25FN2O4.